The van der Waals surface area contributed by atoms with Crippen LogP contribution in [0.1, 0.15) is 37.8 Å². The van der Waals surface area contributed by atoms with Gasteiger partial charge in [-0.3, -0.25) is 13.9 Å². The number of aryl methyl sites for hydroxylation is 1. The number of carbonyl (C=O) groups excluding carboxylic acids is 2. The van der Waals surface area contributed by atoms with Gasteiger partial charge in [-0.25, -0.2) is 8.42 Å². The number of anilines is 1. The van der Waals surface area contributed by atoms with Crippen LogP contribution in [0.25, 0.3) is 0 Å². The van der Waals surface area contributed by atoms with E-state index in [1.807, 2.05) is 38.1 Å². The molecule has 0 spiro atoms. The van der Waals surface area contributed by atoms with Gasteiger partial charge in [0, 0.05) is 18.1 Å². The van der Waals surface area contributed by atoms with Crippen molar-refractivity contribution in [3.63, 3.8) is 0 Å². The van der Waals surface area contributed by atoms with Crippen LogP contribution in [0.15, 0.2) is 77.7 Å². The maximum atomic E-state index is 14.0. The molecule has 3 aromatic rings. The largest absolute Gasteiger partial charge is 0.495 e. The van der Waals surface area contributed by atoms with E-state index in [2.05, 4.69) is 5.32 Å². The highest BCUT2D eigenvalue weighted by Crippen LogP contribution is 2.35. The van der Waals surface area contributed by atoms with Crippen LogP contribution in [-0.4, -0.2) is 51.4 Å². The summed E-state index contributed by atoms with van der Waals surface area (Å²) in [5, 5.41) is 3.16. The van der Waals surface area contributed by atoms with E-state index in [0.717, 1.165) is 28.3 Å². The Morgan fingerprint density at radius 2 is 1.75 bits per heavy atom. The molecule has 0 aliphatic carbocycles. The number of nitrogens with zero attached hydrogens (tertiary/aromatic N) is 2. The van der Waals surface area contributed by atoms with Crippen molar-refractivity contribution in [3.05, 3.63) is 88.9 Å². The number of benzene rings is 3. The Morgan fingerprint density at radius 3 is 2.40 bits per heavy atom. The van der Waals surface area contributed by atoms with E-state index in [9.17, 15) is 18.0 Å². The van der Waals surface area contributed by atoms with E-state index in [-0.39, 0.29) is 33.8 Å². The quantitative estimate of drug-likeness (QED) is 0.279. The zero-order chi connectivity index (χ0) is 29.3. The van der Waals surface area contributed by atoms with Gasteiger partial charge < -0.3 is 15.0 Å². The van der Waals surface area contributed by atoms with Crippen LogP contribution in [-0.2, 0) is 26.2 Å². The molecule has 40 heavy (non-hydrogen) atoms. The van der Waals surface area contributed by atoms with Crippen LogP contribution in [0, 0.1) is 6.92 Å². The third kappa shape index (κ3) is 7.76. The van der Waals surface area contributed by atoms with E-state index in [1.165, 1.54) is 30.2 Å². The molecule has 8 nitrogen and oxygen atoms in total. The van der Waals surface area contributed by atoms with Gasteiger partial charge in [-0.1, -0.05) is 73.0 Å². The van der Waals surface area contributed by atoms with Crippen molar-refractivity contribution in [1.82, 2.24) is 10.2 Å². The molecule has 10 heteroatoms. The number of nitrogens with one attached hydrogen (secondary N) is 1. The average Bonchev–Trinajstić information content (AvgIpc) is 2.94. The van der Waals surface area contributed by atoms with Gasteiger partial charge in [0.05, 0.1) is 17.7 Å². The first kappa shape index (κ1) is 31.0. The lowest BCUT2D eigenvalue weighted by Crippen LogP contribution is -2.51. The Hall–Kier alpha value is -3.56. The number of hydrogen-bond donors (Lipinski definition) is 1. The molecular formula is C30H36ClN3O5S. The molecule has 0 aliphatic heterocycles. The minimum atomic E-state index is -4.23. The van der Waals surface area contributed by atoms with Gasteiger partial charge in [0.15, 0.2) is 0 Å². The fourth-order valence-corrected chi connectivity index (χ4v) is 5.82. The normalized spacial score (nSPS) is 11.9. The van der Waals surface area contributed by atoms with E-state index >= 15 is 0 Å². The van der Waals surface area contributed by atoms with Crippen LogP contribution >= 0.6 is 11.6 Å². The van der Waals surface area contributed by atoms with Gasteiger partial charge in [-0.05, 0) is 56.2 Å². The summed E-state index contributed by atoms with van der Waals surface area (Å²) in [6.07, 6.45) is 1.72. The SMILES string of the molecule is CCCCNC(=O)[C@H](C)N(Cc1cccc(C)c1)C(=O)CN(c1cc(Cl)ccc1OC)S(=O)(=O)c1ccccc1. The fraction of sp³-hybridized carbons (Fsp3) is 0.333. The number of ether oxygens (including phenoxy) is 1. The second-order valence-electron chi connectivity index (χ2n) is 9.47. The van der Waals surface area contributed by atoms with E-state index in [0.29, 0.717) is 6.54 Å². The average molecular weight is 586 g/mol. The maximum Gasteiger partial charge on any atom is 0.264 e. The molecule has 3 aromatic carbocycles. The molecule has 1 atom stereocenters. The second-order valence-corrected chi connectivity index (χ2v) is 11.8. The molecule has 0 aromatic heterocycles. The molecule has 1 N–H and O–H groups in total. The highest BCUT2D eigenvalue weighted by atomic mass is 35.5. The Balaban J connectivity index is 2.06. The lowest BCUT2D eigenvalue weighted by molar-refractivity contribution is -0.139. The van der Waals surface area contributed by atoms with Crippen molar-refractivity contribution in [3.8, 4) is 5.75 Å². The number of carbonyl (C=O) groups is 2. The number of rotatable bonds is 13. The van der Waals surface area contributed by atoms with Gasteiger partial charge >= 0.3 is 0 Å². The number of unbranched alkanes of at least 4 members (excludes halogenated alkanes) is 1. The monoisotopic (exact) mass is 585 g/mol. The van der Waals surface area contributed by atoms with Crippen LogP contribution < -0.4 is 14.4 Å². The van der Waals surface area contributed by atoms with Gasteiger partial charge in [0.2, 0.25) is 11.8 Å². The first-order valence-corrected chi connectivity index (χ1v) is 14.9. The van der Waals surface area contributed by atoms with E-state index in [1.54, 1.807) is 37.3 Å². The molecule has 214 valence electrons. The van der Waals surface area contributed by atoms with E-state index in [4.69, 9.17) is 16.3 Å². The van der Waals surface area contributed by atoms with Crippen LogP contribution in [0.2, 0.25) is 5.02 Å². The zero-order valence-electron chi connectivity index (χ0n) is 23.3. The summed E-state index contributed by atoms with van der Waals surface area (Å²) in [5.74, 6) is -0.638. The molecule has 0 saturated carbocycles. The van der Waals surface area contributed by atoms with Crippen molar-refractivity contribution < 1.29 is 22.7 Å². The van der Waals surface area contributed by atoms with Crippen LogP contribution in [0.4, 0.5) is 5.69 Å². The zero-order valence-corrected chi connectivity index (χ0v) is 24.8. The van der Waals surface area contributed by atoms with Crippen molar-refractivity contribution in [1.29, 1.82) is 0 Å². The lowest BCUT2D eigenvalue weighted by atomic mass is 10.1. The number of amides is 2. The van der Waals surface area contributed by atoms with Gasteiger partial charge in [-0.2, -0.15) is 0 Å². The van der Waals surface area contributed by atoms with Crippen molar-refractivity contribution >= 4 is 39.1 Å². The molecular weight excluding hydrogens is 550 g/mol. The third-order valence-electron chi connectivity index (χ3n) is 6.45. The number of halogens is 1. The van der Waals surface area contributed by atoms with E-state index < -0.39 is 28.5 Å². The summed E-state index contributed by atoms with van der Waals surface area (Å²) >= 11 is 6.26. The minimum Gasteiger partial charge on any atom is -0.495 e. The summed E-state index contributed by atoms with van der Waals surface area (Å²) in [5.41, 5.74) is 1.93. The molecule has 2 amide bonds. The summed E-state index contributed by atoms with van der Waals surface area (Å²) in [7, 11) is -2.82. The first-order chi connectivity index (χ1) is 19.1. The summed E-state index contributed by atoms with van der Waals surface area (Å²) in [6.45, 7) is 5.64. The summed E-state index contributed by atoms with van der Waals surface area (Å²) in [6, 6.07) is 19.2. The van der Waals surface area contributed by atoms with Gasteiger partial charge in [0.1, 0.15) is 18.3 Å². The standard InChI is InChI=1S/C30H36ClN3O5S/c1-5-6-17-32-30(36)23(3)33(20-24-12-10-11-22(2)18-24)29(35)21-34(27-19-25(31)15-16-28(27)39-4)40(37,38)26-13-8-7-9-14-26/h7-16,18-19,23H,5-6,17,20-21H2,1-4H3,(H,32,36)/t23-/m0/s1. The summed E-state index contributed by atoms with van der Waals surface area (Å²) in [4.78, 5) is 28.5. The van der Waals surface area contributed by atoms with Crippen molar-refractivity contribution in [2.24, 2.45) is 0 Å². The Bertz CT molecular complexity index is 1420. The Morgan fingerprint density at radius 1 is 1.02 bits per heavy atom. The Labute approximate surface area is 241 Å². The lowest BCUT2D eigenvalue weighted by Gasteiger charge is -2.32. The fourth-order valence-electron chi connectivity index (χ4n) is 4.22. The third-order valence-corrected chi connectivity index (χ3v) is 8.46. The summed E-state index contributed by atoms with van der Waals surface area (Å²) < 4.78 is 34.3. The Kier molecular flexibility index (Phi) is 11.0. The topological polar surface area (TPSA) is 96.0 Å². The molecule has 3 rings (SSSR count). The predicted octanol–water partition coefficient (Wildman–Crippen LogP) is 5.19. The molecule has 0 unspecified atom stereocenters. The molecule has 0 aliphatic rings. The van der Waals surface area contributed by atoms with Gasteiger partial charge in [0.25, 0.3) is 10.0 Å². The maximum absolute atomic E-state index is 14.0. The van der Waals surface area contributed by atoms with Gasteiger partial charge in [-0.15, -0.1) is 0 Å². The van der Waals surface area contributed by atoms with Crippen LogP contribution in [0.5, 0.6) is 5.75 Å². The highest BCUT2D eigenvalue weighted by Gasteiger charge is 2.33. The van der Waals surface area contributed by atoms with Crippen LogP contribution in [0.3, 0.4) is 0 Å². The number of methoxy groups -OCH3 is 1. The molecule has 0 fully saturated rings. The molecule has 0 radical (unpaired) electrons. The molecule has 0 saturated heterocycles. The van der Waals surface area contributed by atoms with Crippen molar-refractivity contribution in [2.45, 2.75) is 51.1 Å². The smallest absolute Gasteiger partial charge is 0.264 e. The number of hydrogen-bond acceptors (Lipinski definition) is 5. The highest BCUT2D eigenvalue weighted by molar-refractivity contribution is 7.92. The molecule has 0 heterocycles. The molecule has 0 bridgehead atoms. The predicted molar refractivity (Wildman–Crippen MR) is 158 cm³/mol. The number of sulfonamides is 1. The van der Waals surface area contributed by atoms with Crippen molar-refractivity contribution in [2.75, 3.05) is 24.5 Å². The first-order valence-electron chi connectivity index (χ1n) is 13.1. The second kappa shape index (κ2) is 14.2. The minimum absolute atomic E-state index is 0.000389.